The van der Waals surface area contributed by atoms with Crippen LogP contribution in [0.4, 0.5) is 5.69 Å². The predicted octanol–water partition coefficient (Wildman–Crippen LogP) is 3.54. The van der Waals surface area contributed by atoms with Gasteiger partial charge in [0.25, 0.3) is 0 Å². The van der Waals surface area contributed by atoms with E-state index in [4.69, 9.17) is 17.3 Å². The highest BCUT2D eigenvalue weighted by Crippen LogP contribution is 2.28. The van der Waals surface area contributed by atoms with Crippen LogP contribution in [0.2, 0.25) is 5.02 Å². The number of hydrogen-bond donors (Lipinski definition) is 1. The van der Waals surface area contributed by atoms with Gasteiger partial charge in [-0.05, 0) is 43.0 Å². The Labute approximate surface area is 109 Å². The summed E-state index contributed by atoms with van der Waals surface area (Å²) in [5.41, 5.74) is 7.64. The number of nitrogen functional groups attached to an aromatic ring is 1. The van der Waals surface area contributed by atoms with E-state index in [9.17, 15) is 0 Å². The van der Waals surface area contributed by atoms with Crippen molar-refractivity contribution in [3.8, 4) is 0 Å². The molecule has 1 aromatic carbocycles. The molecule has 0 aromatic heterocycles. The molecule has 0 spiro atoms. The Bertz CT molecular complexity index is 390. The van der Waals surface area contributed by atoms with Crippen LogP contribution < -0.4 is 5.73 Å². The molecule has 0 amide bonds. The number of halogens is 1. The molecular weight excluding hydrogens is 232 g/mol. The van der Waals surface area contributed by atoms with Gasteiger partial charge in [0.2, 0.25) is 0 Å². The van der Waals surface area contributed by atoms with Gasteiger partial charge >= 0.3 is 0 Å². The van der Waals surface area contributed by atoms with Crippen LogP contribution in [0, 0.1) is 5.92 Å². The van der Waals surface area contributed by atoms with Crippen molar-refractivity contribution < 1.29 is 0 Å². The second-order valence-corrected chi connectivity index (χ2v) is 5.68. The van der Waals surface area contributed by atoms with Gasteiger partial charge in [0, 0.05) is 23.3 Å². The van der Waals surface area contributed by atoms with Crippen molar-refractivity contribution in [2.45, 2.75) is 39.3 Å². The van der Waals surface area contributed by atoms with Crippen LogP contribution in [0.15, 0.2) is 18.2 Å². The van der Waals surface area contributed by atoms with Crippen molar-refractivity contribution >= 4 is 17.3 Å². The van der Waals surface area contributed by atoms with Crippen LogP contribution in [-0.4, -0.2) is 17.5 Å². The summed E-state index contributed by atoms with van der Waals surface area (Å²) < 4.78 is 0. The molecule has 0 aliphatic carbocycles. The quantitative estimate of drug-likeness (QED) is 0.834. The number of anilines is 1. The highest BCUT2D eigenvalue weighted by molar-refractivity contribution is 6.31. The fourth-order valence-electron chi connectivity index (χ4n) is 2.71. The third-order valence-corrected chi connectivity index (χ3v) is 3.99. The third-order valence-electron chi connectivity index (χ3n) is 3.63. The number of nitrogens with zero attached hydrogens (tertiary/aromatic N) is 1. The van der Waals surface area contributed by atoms with Crippen LogP contribution in [0.1, 0.15) is 32.3 Å². The minimum atomic E-state index is 0.698. The van der Waals surface area contributed by atoms with Gasteiger partial charge in [-0.25, -0.2) is 0 Å². The molecule has 0 saturated carbocycles. The predicted molar refractivity (Wildman–Crippen MR) is 74.1 cm³/mol. The minimum absolute atomic E-state index is 0.698. The van der Waals surface area contributed by atoms with Crippen LogP contribution in [-0.2, 0) is 6.54 Å². The molecule has 2 nitrogen and oxygen atoms in total. The van der Waals surface area contributed by atoms with Crippen LogP contribution in [0.5, 0.6) is 0 Å². The summed E-state index contributed by atoms with van der Waals surface area (Å²) in [4.78, 5) is 2.54. The molecule has 1 heterocycles. The minimum Gasteiger partial charge on any atom is -0.399 e. The molecule has 1 aliphatic rings. The van der Waals surface area contributed by atoms with Crippen LogP contribution >= 0.6 is 11.6 Å². The summed E-state index contributed by atoms with van der Waals surface area (Å²) in [7, 11) is 0. The van der Waals surface area contributed by atoms with Crippen molar-refractivity contribution in [2.24, 2.45) is 5.92 Å². The summed E-state index contributed by atoms with van der Waals surface area (Å²) in [6.07, 6.45) is 2.61. The maximum Gasteiger partial charge on any atom is 0.0471 e. The Morgan fingerprint density at radius 3 is 2.88 bits per heavy atom. The molecule has 17 heavy (non-hydrogen) atoms. The van der Waals surface area contributed by atoms with E-state index in [0.29, 0.717) is 12.0 Å². The van der Waals surface area contributed by atoms with E-state index < -0.39 is 0 Å². The van der Waals surface area contributed by atoms with Crippen molar-refractivity contribution in [2.75, 3.05) is 12.3 Å². The first kappa shape index (κ1) is 12.7. The zero-order valence-electron chi connectivity index (χ0n) is 10.6. The summed E-state index contributed by atoms with van der Waals surface area (Å²) in [6, 6.07) is 6.52. The first-order valence-electron chi connectivity index (χ1n) is 6.36. The number of nitrogens with two attached hydrogens (primary N) is 1. The van der Waals surface area contributed by atoms with Gasteiger partial charge in [-0.3, -0.25) is 4.90 Å². The SMILES string of the molecule is CC(C)C1CCCN1Cc1ccc(N)cc1Cl. The van der Waals surface area contributed by atoms with E-state index in [1.165, 1.54) is 24.9 Å². The molecule has 1 fully saturated rings. The molecule has 2 N–H and O–H groups in total. The number of likely N-dealkylation sites (tertiary alicyclic amines) is 1. The van der Waals surface area contributed by atoms with Crippen LogP contribution in [0.25, 0.3) is 0 Å². The summed E-state index contributed by atoms with van der Waals surface area (Å²) in [5, 5.41) is 0.791. The lowest BCUT2D eigenvalue weighted by Gasteiger charge is -2.27. The van der Waals surface area contributed by atoms with Crippen molar-refractivity contribution in [3.63, 3.8) is 0 Å². The van der Waals surface area contributed by atoms with Crippen LogP contribution in [0.3, 0.4) is 0 Å². The molecule has 1 saturated heterocycles. The van der Waals surface area contributed by atoms with Gasteiger partial charge in [0.05, 0.1) is 0 Å². The Hall–Kier alpha value is -0.730. The first-order valence-corrected chi connectivity index (χ1v) is 6.73. The second kappa shape index (κ2) is 5.28. The fourth-order valence-corrected chi connectivity index (χ4v) is 2.96. The molecule has 0 bridgehead atoms. The van der Waals surface area contributed by atoms with E-state index >= 15 is 0 Å². The Morgan fingerprint density at radius 1 is 1.47 bits per heavy atom. The van der Waals surface area contributed by atoms with Gasteiger partial charge < -0.3 is 5.73 Å². The summed E-state index contributed by atoms with van der Waals surface area (Å²) in [5.74, 6) is 0.713. The topological polar surface area (TPSA) is 29.3 Å². The lowest BCUT2D eigenvalue weighted by Crippen LogP contribution is -2.32. The first-order chi connectivity index (χ1) is 8.08. The van der Waals surface area contributed by atoms with Gasteiger partial charge in [-0.15, -0.1) is 0 Å². The highest BCUT2D eigenvalue weighted by atomic mass is 35.5. The average Bonchev–Trinajstić information content (AvgIpc) is 2.70. The molecule has 94 valence electrons. The third kappa shape index (κ3) is 2.93. The van der Waals surface area contributed by atoms with Gasteiger partial charge in [-0.2, -0.15) is 0 Å². The Kier molecular flexibility index (Phi) is 3.95. The second-order valence-electron chi connectivity index (χ2n) is 5.27. The van der Waals surface area contributed by atoms with E-state index in [1.54, 1.807) is 0 Å². The fraction of sp³-hybridized carbons (Fsp3) is 0.571. The average molecular weight is 253 g/mol. The number of rotatable bonds is 3. The molecular formula is C14H21ClN2. The summed E-state index contributed by atoms with van der Waals surface area (Å²) in [6.45, 7) is 6.73. The van der Waals surface area contributed by atoms with Gasteiger partial charge in [0.1, 0.15) is 0 Å². The smallest absolute Gasteiger partial charge is 0.0471 e. The normalized spacial score (nSPS) is 21.3. The highest BCUT2D eigenvalue weighted by Gasteiger charge is 2.27. The molecule has 1 aliphatic heterocycles. The van der Waals surface area contributed by atoms with E-state index in [0.717, 1.165) is 17.3 Å². The molecule has 2 rings (SSSR count). The maximum absolute atomic E-state index is 6.23. The standard InChI is InChI=1S/C14H21ClN2/c1-10(2)14-4-3-7-17(14)9-11-5-6-12(16)8-13(11)15/h5-6,8,10,14H,3-4,7,9,16H2,1-2H3. The molecule has 1 unspecified atom stereocenters. The molecule has 0 radical (unpaired) electrons. The van der Waals surface area contributed by atoms with Crippen molar-refractivity contribution in [1.82, 2.24) is 4.90 Å². The molecule has 1 aromatic rings. The van der Waals surface area contributed by atoms with Gasteiger partial charge in [0.15, 0.2) is 0 Å². The van der Waals surface area contributed by atoms with E-state index in [2.05, 4.69) is 18.7 Å². The van der Waals surface area contributed by atoms with E-state index in [1.807, 2.05) is 18.2 Å². The van der Waals surface area contributed by atoms with Gasteiger partial charge in [-0.1, -0.05) is 31.5 Å². The lowest BCUT2D eigenvalue weighted by molar-refractivity contribution is 0.199. The maximum atomic E-state index is 6.23. The molecule has 1 atom stereocenters. The lowest BCUT2D eigenvalue weighted by atomic mass is 10.0. The van der Waals surface area contributed by atoms with Crippen molar-refractivity contribution in [3.05, 3.63) is 28.8 Å². The Morgan fingerprint density at radius 2 is 2.24 bits per heavy atom. The van der Waals surface area contributed by atoms with E-state index in [-0.39, 0.29) is 0 Å². The largest absolute Gasteiger partial charge is 0.399 e. The zero-order chi connectivity index (χ0) is 12.4. The number of hydrogen-bond acceptors (Lipinski definition) is 2. The molecule has 3 heteroatoms. The zero-order valence-corrected chi connectivity index (χ0v) is 11.4. The Balaban J connectivity index is 2.09. The summed E-state index contributed by atoms with van der Waals surface area (Å²) >= 11 is 6.23. The monoisotopic (exact) mass is 252 g/mol. The number of benzene rings is 1. The van der Waals surface area contributed by atoms with Crippen molar-refractivity contribution in [1.29, 1.82) is 0 Å².